The SMILES string of the molecule is C=CCN1CCC(NC(=NC)NCc2cccc3ccccc23)CC1.I. The predicted octanol–water partition coefficient (Wildman–Crippen LogP) is 3.77. The lowest BCUT2D eigenvalue weighted by molar-refractivity contribution is 0.225. The van der Waals surface area contributed by atoms with Crippen LogP contribution < -0.4 is 10.6 Å². The van der Waals surface area contributed by atoms with Crippen molar-refractivity contribution >= 4 is 40.7 Å². The Hall–Kier alpha value is -1.60. The van der Waals surface area contributed by atoms with Gasteiger partial charge in [-0.3, -0.25) is 9.89 Å². The molecule has 0 aliphatic carbocycles. The second-order valence-electron chi connectivity index (χ2n) is 6.57. The molecule has 1 heterocycles. The van der Waals surface area contributed by atoms with E-state index >= 15 is 0 Å². The van der Waals surface area contributed by atoms with Gasteiger partial charge in [0.1, 0.15) is 0 Å². The normalized spacial score (nSPS) is 16.1. The molecule has 0 unspecified atom stereocenters. The number of aliphatic imine (C=N–C) groups is 1. The van der Waals surface area contributed by atoms with Gasteiger partial charge in [0.05, 0.1) is 0 Å². The van der Waals surface area contributed by atoms with E-state index in [2.05, 4.69) is 69.6 Å². The summed E-state index contributed by atoms with van der Waals surface area (Å²) in [5, 5.41) is 9.62. The third-order valence-corrected chi connectivity index (χ3v) is 4.87. The number of guanidine groups is 1. The van der Waals surface area contributed by atoms with Crippen LogP contribution in [0.3, 0.4) is 0 Å². The standard InChI is InChI=1S/C21H28N4.HI/c1-3-13-25-14-11-19(12-15-25)24-21(22-2)23-16-18-9-6-8-17-7-4-5-10-20(17)18;/h3-10,19H,1,11-16H2,2H3,(H2,22,23,24);1H. The maximum atomic E-state index is 4.40. The molecular formula is C21H29IN4. The van der Waals surface area contributed by atoms with Crippen molar-refractivity contribution in [3.05, 3.63) is 60.7 Å². The largest absolute Gasteiger partial charge is 0.354 e. The van der Waals surface area contributed by atoms with Crippen molar-refractivity contribution in [3.63, 3.8) is 0 Å². The minimum Gasteiger partial charge on any atom is -0.354 e. The zero-order valence-corrected chi connectivity index (χ0v) is 17.8. The molecule has 2 aromatic rings. The van der Waals surface area contributed by atoms with E-state index < -0.39 is 0 Å². The van der Waals surface area contributed by atoms with E-state index in [1.807, 2.05) is 13.1 Å². The fourth-order valence-electron chi connectivity index (χ4n) is 3.46. The highest BCUT2D eigenvalue weighted by atomic mass is 127. The van der Waals surface area contributed by atoms with Crippen molar-refractivity contribution < 1.29 is 0 Å². The molecule has 140 valence electrons. The van der Waals surface area contributed by atoms with Crippen molar-refractivity contribution in [2.24, 2.45) is 4.99 Å². The smallest absolute Gasteiger partial charge is 0.191 e. The highest BCUT2D eigenvalue weighted by Gasteiger charge is 2.19. The van der Waals surface area contributed by atoms with Crippen LogP contribution in [0, 0.1) is 0 Å². The minimum atomic E-state index is 0. The van der Waals surface area contributed by atoms with Gasteiger partial charge in [-0.2, -0.15) is 0 Å². The molecule has 0 atom stereocenters. The van der Waals surface area contributed by atoms with Crippen LogP contribution in [0.2, 0.25) is 0 Å². The Bertz CT molecular complexity index is 730. The van der Waals surface area contributed by atoms with Crippen LogP contribution in [0.1, 0.15) is 18.4 Å². The predicted molar refractivity (Wildman–Crippen MR) is 122 cm³/mol. The lowest BCUT2D eigenvalue weighted by Gasteiger charge is -2.32. The molecule has 3 rings (SSSR count). The zero-order chi connectivity index (χ0) is 17.5. The van der Waals surface area contributed by atoms with Gasteiger partial charge in [0.15, 0.2) is 5.96 Å². The fraction of sp³-hybridized carbons (Fsp3) is 0.381. The number of halogens is 1. The molecular weight excluding hydrogens is 435 g/mol. The Labute approximate surface area is 173 Å². The quantitative estimate of drug-likeness (QED) is 0.306. The molecule has 2 aromatic carbocycles. The second kappa shape index (κ2) is 10.5. The number of rotatable bonds is 5. The Morgan fingerprint density at radius 2 is 1.92 bits per heavy atom. The third kappa shape index (κ3) is 5.45. The fourth-order valence-corrected chi connectivity index (χ4v) is 3.46. The Kier molecular flexibility index (Phi) is 8.38. The summed E-state index contributed by atoms with van der Waals surface area (Å²) in [6.07, 6.45) is 4.27. The third-order valence-electron chi connectivity index (χ3n) is 4.87. The van der Waals surface area contributed by atoms with Gasteiger partial charge < -0.3 is 10.6 Å². The summed E-state index contributed by atoms with van der Waals surface area (Å²) < 4.78 is 0. The molecule has 0 bridgehead atoms. The maximum absolute atomic E-state index is 4.40. The zero-order valence-electron chi connectivity index (χ0n) is 15.4. The summed E-state index contributed by atoms with van der Waals surface area (Å²) in [5.74, 6) is 0.884. The number of hydrogen-bond acceptors (Lipinski definition) is 2. The van der Waals surface area contributed by atoms with Crippen molar-refractivity contribution in [2.75, 3.05) is 26.7 Å². The number of piperidine rings is 1. The van der Waals surface area contributed by atoms with Crippen LogP contribution in [0.5, 0.6) is 0 Å². The first kappa shape index (κ1) is 20.7. The molecule has 1 saturated heterocycles. The van der Waals surface area contributed by atoms with E-state index in [0.29, 0.717) is 6.04 Å². The Balaban J connectivity index is 0.00000243. The van der Waals surface area contributed by atoms with Crippen LogP contribution in [0.4, 0.5) is 0 Å². The van der Waals surface area contributed by atoms with E-state index in [1.54, 1.807) is 0 Å². The molecule has 4 nitrogen and oxygen atoms in total. The monoisotopic (exact) mass is 464 g/mol. The van der Waals surface area contributed by atoms with Crippen LogP contribution in [-0.4, -0.2) is 43.6 Å². The maximum Gasteiger partial charge on any atom is 0.191 e. The van der Waals surface area contributed by atoms with Gasteiger partial charge in [0.2, 0.25) is 0 Å². The highest BCUT2D eigenvalue weighted by Crippen LogP contribution is 2.18. The molecule has 5 heteroatoms. The van der Waals surface area contributed by atoms with E-state index in [-0.39, 0.29) is 24.0 Å². The van der Waals surface area contributed by atoms with E-state index in [4.69, 9.17) is 0 Å². The van der Waals surface area contributed by atoms with Crippen LogP contribution in [0.15, 0.2) is 60.1 Å². The number of benzene rings is 2. The first-order chi connectivity index (χ1) is 12.3. The van der Waals surface area contributed by atoms with Gasteiger partial charge in [-0.05, 0) is 29.2 Å². The Morgan fingerprint density at radius 3 is 2.65 bits per heavy atom. The van der Waals surface area contributed by atoms with Crippen LogP contribution >= 0.6 is 24.0 Å². The van der Waals surface area contributed by atoms with E-state index in [1.165, 1.54) is 16.3 Å². The molecule has 1 fully saturated rings. The molecule has 0 saturated carbocycles. The van der Waals surface area contributed by atoms with Crippen LogP contribution in [-0.2, 0) is 6.54 Å². The molecule has 2 N–H and O–H groups in total. The molecule has 0 amide bonds. The molecule has 0 spiro atoms. The number of fused-ring (bicyclic) bond motifs is 1. The summed E-state index contributed by atoms with van der Waals surface area (Å²) in [5.41, 5.74) is 1.29. The topological polar surface area (TPSA) is 39.7 Å². The van der Waals surface area contributed by atoms with Gasteiger partial charge >= 0.3 is 0 Å². The van der Waals surface area contributed by atoms with Gasteiger partial charge in [-0.25, -0.2) is 0 Å². The number of likely N-dealkylation sites (tertiary alicyclic amines) is 1. The number of hydrogen-bond donors (Lipinski definition) is 2. The summed E-state index contributed by atoms with van der Waals surface area (Å²) >= 11 is 0. The minimum absolute atomic E-state index is 0. The molecule has 26 heavy (non-hydrogen) atoms. The Morgan fingerprint density at radius 1 is 1.19 bits per heavy atom. The van der Waals surface area contributed by atoms with Crippen molar-refractivity contribution in [2.45, 2.75) is 25.4 Å². The molecule has 1 aliphatic heterocycles. The van der Waals surface area contributed by atoms with Crippen molar-refractivity contribution in [3.8, 4) is 0 Å². The van der Waals surface area contributed by atoms with Gasteiger partial charge in [0, 0.05) is 39.3 Å². The summed E-state index contributed by atoms with van der Waals surface area (Å²) in [7, 11) is 1.84. The molecule has 0 radical (unpaired) electrons. The summed E-state index contributed by atoms with van der Waals surface area (Å²) in [6, 6.07) is 15.4. The average molecular weight is 464 g/mol. The van der Waals surface area contributed by atoms with Crippen molar-refractivity contribution in [1.82, 2.24) is 15.5 Å². The first-order valence-corrected chi connectivity index (χ1v) is 9.07. The average Bonchev–Trinajstić information content (AvgIpc) is 2.66. The summed E-state index contributed by atoms with van der Waals surface area (Å²) in [4.78, 5) is 6.84. The van der Waals surface area contributed by atoms with Crippen LogP contribution in [0.25, 0.3) is 10.8 Å². The first-order valence-electron chi connectivity index (χ1n) is 9.07. The lowest BCUT2D eigenvalue weighted by atomic mass is 10.0. The molecule has 1 aliphatic rings. The lowest BCUT2D eigenvalue weighted by Crippen LogP contribution is -2.48. The number of nitrogens with one attached hydrogen (secondary N) is 2. The molecule has 0 aromatic heterocycles. The van der Waals surface area contributed by atoms with Gasteiger partial charge in [-0.1, -0.05) is 48.5 Å². The van der Waals surface area contributed by atoms with Crippen molar-refractivity contribution in [1.29, 1.82) is 0 Å². The second-order valence-corrected chi connectivity index (χ2v) is 6.57. The highest BCUT2D eigenvalue weighted by molar-refractivity contribution is 14.0. The number of nitrogens with zero attached hydrogens (tertiary/aromatic N) is 2. The van der Waals surface area contributed by atoms with Gasteiger partial charge in [-0.15, -0.1) is 30.6 Å². The van der Waals surface area contributed by atoms with E-state index in [0.717, 1.165) is 45.0 Å². The van der Waals surface area contributed by atoms with E-state index in [9.17, 15) is 0 Å². The van der Waals surface area contributed by atoms with Gasteiger partial charge in [0.25, 0.3) is 0 Å². The summed E-state index contributed by atoms with van der Waals surface area (Å²) in [6.45, 7) is 7.81.